The third kappa shape index (κ3) is 4.81. The molecule has 1 aliphatic heterocycles. The van der Waals surface area contributed by atoms with Crippen LogP contribution >= 0.6 is 12.4 Å². The highest BCUT2D eigenvalue weighted by atomic mass is 35.5. The second-order valence-electron chi connectivity index (χ2n) is 3.21. The fourth-order valence-electron chi connectivity index (χ4n) is 1.53. The first-order valence-corrected chi connectivity index (χ1v) is 4.90. The molecule has 0 radical (unpaired) electrons. The van der Waals surface area contributed by atoms with Crippen LogP contribution in [0.2, 0.25) is 0 Å². The highest BCUT2D eigenvalue weighted by Crippen LogP contribution is 1.96. The van der Waals surface area contributed by atoms with Crippen LogP contribution in [0.5, 0.6) is 0 Å². The highest BCUT2D eigenvalue weighted by Gasteiger charge is 2.14. The molecule has 0 aromatic rings. The lowest BCUT2D eigenvalue weighted by Crippen LogP contribution is -2.48. The molecule has 0 aliphatic carbocycles. The maximum absolute atomic E-state index is 5.38. The third-order valence-electron chi connectivity index (χ3n) is 2.37. The van der Waals surface area contributed by atoms with Crippen LogP contribution in [-0.4, -0.2) is 50.3 Å². The number of rotatable bonds is 4. The van der Waals surface area contributed by atoms with Crippen molar-refractivity contribution in [3.63, 3.8) is 0 Å². The quantitative estimate of drug-likeness (QED) is 0.738. The summed E-state index contributed by atoms with van der Waals surface area (Å²) in [6.45, 7) is 10.5. The molecule has 0 aromatic heterocycles. The number of halogens is 1. The van der Waals surface area contributed by atoms with Gasteiger partial charge in [-0.05, 0) is 13.1 Å². The SMILES string of the molecule is CCN(CC)C[C@H]1COCCN1.Cl. The summed E-state index contributed by atoms with van der Waals surface area (Å²) in [5.41, 5.74) is 0. The first-order chi connectivity index (χ1) is 5.86. The lowest BCUT2D eigenvalue weighted by atomic mass is 10.2. The molecule has 1 saturated heterocycles. The molecule has 1 heterocycles. The number of ether oxygens (including phenoxy) is 1. The van der Waals surface area contributed by atoms with Crippen molar-refractivity contribution < 1.29 is 4.74 Å². The van der Waals surface area contributed by atoms with Crippen LogP contribution in [0.25, 0.3) is 0 Å². The van der Waals surface area contributed by atoms with Crippen LogP contribution in [0.15, 0.2) is 0 Å². The van der Waals surface area contributed by atoms with Crippen LogP contribution in [0, 0.1) is 0 Å². The topological polar surface area (TPSA) is 24.5 Å². The average Bonchev–Trinajstić information content (AvgIpc) is 2.16. The average molecular weight is 209 g/mol. The van der Waals surface area contributed by atoms with Crippen LogP contribution in [0.1, 0.15) is 13.8 Å². The van der Waals surface area contributed by atoms with Gasteiger partial charge in [0.05, 0.1) is 13.2 Å². The smallest absolute Gasteiger partial charge is 0.0632 e. The van der Waals surface area contributed by atoms with Gasteiger partial charge >= 0.3 is 0 Å². The first kappa shape index (κ1) is 13.2. The van der Waals surface area contributed by atoms with Crippen molar-refractivity contribution in [2.75, 3.05) is 39.4 Å². The summed E-state index contributed by atoms with van der Waals surface area (Å²) in [5, 5.41) is 3.45. The Morgan fingerprint density at radius 3 is 2.54 bits per heavy atom. The van der Waals surface area contributed by atoms with E-state index >= 15 is 0 Å². The molecule has 4 heteroatoms. The molecule has 1 fully saturated rings. The molecule has 0 amide bonds. The minimum absolute atomic E-state index is 0. The van der Waals surface area contributed by atoms with E-state index in [1.54, 1.807) is 0 Å². The molecule has 3 nitrogen and oxygen atoms in total. The fraction of sp³-hybridized carbons (Fsp3) is 1.00. The van der Waals surface area contributed by atoms with E-state index < -0.39 is 0 Å². The van der Waals surface area contributed by atoms with Gasteiger partial charge in [-0.15, -0.1) is 12.4 Å². The molecular formula is C9H21ClN2O. The Labute approximate surface area is 87.2 Å². The lowest BCUT2D eigenvalue weighted by molar-refractivity contribution is 0.0633. The predicted molar refractivity (Wildman–Crippen MR) is 57.6 cm³/mol. The Balaban J connectivity index is 0.00000144. The molecule has 1 N–H and O–H groups in total. The van der Waals surface area contributed by atoms with Gasteiger partial charge in [0.1, 0.15) is 0 Å². The van der Waals surface area contributed by atoms with Crippen LogP contribution in [0.3, 0.4) is 0 Å². The van der Waals surface area contributed by atoms with E-state index in [1.807, 2.05) is 0 Å². The minimum atomic E-state index is 0. The molecule has 0 unspecified atom stereocenters. The van der Waals surface area contributed by atoms with Gasteiger partial charge in [-0.3, -0.25) is 0 Å². The van der Waals surface area contributed by atoms with Crippen molar-refractivity contribution in [1.29, 1.82) is 0 Å². The molecular weight excluding hydrogens is 188 g/mol. The second-order valence-corrected chi connectivity index (χ2v) is 3.21. The van der Waals surface area contributed by atoms with E-state index in [0.717, 1.165) is 39.4 Å². The molecule has 1 atom stereocenters. The number of nitrogens with zero attached hydrogens (tertiary/aromatic N) is 1. The molecule has 0 spiro atoms. The molecule has 13 heavy (non-hydrogen) atoms. The zero-order chi connectivity index (χ0) is 8.81. The van der Waals surface area contributed by atoms with Crippen LogP contribution in [0.4, 0.5) is 0 Å². The summed E-state index contributed by atoms with van der Waals surface area (Å²) in [4.78, 5) is 2.42. The van der Waals surface area contributed by atoms with Crippen LogP contribution < -0.4 is 5.32 Å². The number of nitrogens with one attached hydrogen (secondary N) is 1. The van der Waals surface area contributed by atoms with Crippen molar-refractivity contribution in [2.45, 2.75) is 19.9 Å². The summed E-state index contributed by atoms with van der Waals surface area (Å²) >= 11 is 0. The van der Waals surface area contributed by atoms with E-state index in [4.69, 9.17) is 4.74 Å². The van der Waals surface area contributed by atoms with Gasteiger partial charge in [-0.1, -0.05) is 13.8 Å². The molecule has 1 aliphatic rings. The van der Waals surface area contributed by atoms with Gasteiger partial charge < -0.3 is 15.0 Å². The monoisotopic (exact) mass is 208 g/mol. The summed E-state index contributed by atoms with van der Waals surface area (Å²) in [6, 6.07) is 0.540. The molecule has 0 saturated carbocycles. The van der Waals surface area contributed by atoms with Gasteiger partial charge in [-0.25, -0.2) is 0 Å². The van der Waals surface area contributed by atoms with Crippen molar-refractivity contribution in [3.05, 3.63) is 0 Å². The lowest BCUT2D eigenvalue weighted by Gasteiger charge is -2.29. The van der Waals surface area contributed by atoms with Crippen LogP contribution in [-0.2, 0) is 4.74 Å². The third-order valence-corrected chi connectivity index (χ3v) is 2.37. The standard InChI is InChI=1S/C9H20N2O.ClH/c1-3-11(4-2)7-9-8-12-6-5-10-9;/h9-10H,3-8H2,1-2H3;1H/t9-;/m0./s1. The predicted octanol–water partition coefficient (Wildman–Crippen LogP) is 0.738. The van der Waals surface area contributed by atoms with E-state index in [0.29, 0.717) is 6.04 Å². The van der Waals surface area contributed by atoms with Crippen molar-refractivity contribution in [2.24, 2.45) is 0 Å². The number of likely N-dealkylation sites (N-methyl/N-ethyl adjacent to an activating group) is 1. The molecule has 80 valence electrons. The Hall–Kier alpha value is 0.170. The van der Waals surface area contributed by atoms with E-state index in [2.05, 4.69) is 24.1 Å². The van der Waals surface area contributed by atoms with Crippen molar-refractivity contribution >= 4 is 12.4 Å². The Bertz CT molecular complexity index is 114. The Kier molecular flexibility index (Phi) is 7.66. The minimum Gasteiger partial charge on any atom is -0.378 e. The summed E-state index contributed by atoms with van der Waals surface area (Å²) in [5.74, 6) is 0. The van der Waals surface area contributed by atoms with Gasteiger partial charge in [-0.2, -0.15) is 0 Å². The zero-order valence-corrected chi connectivity index (χ0v) is 9.40. The van der Waals surface area contributed by atoms with Crippen molar-refractivity contribution in [1.82, 2.24) is 10.2 Å². The number of hydrogen-bond acceptors (Lipinski definition) is 3. The molecule has 1 rings (SSSR count). The normalized spacial score (nSPS) is 22.8. The maximum Gasteiger partial charge on any atom is 0.0632 e. The second kappa shape index (κ2) is 7.56. The van der Waals surface area contributed by atoms with E-state index in [-0.39, 0.29) is 12.4 Å². The van der Waals surface area contributed by atoms with Gasteiger partial charge in [0.25, 0.3) is 0 Å². The van der Waals surface area contributed by atoms with Crippen molar-refractivity contribution in [3.8, 4) is 0 Å². The van der Waals surface area contributed by atoms with E-state index in [1.165, 1.54) is 0 Å². The zero-order valence-electron chi connectivity index (χ0n) is 8.58. The van der Waals surface area contributed by atoms with Gasteiger partial charge in [0.15, 0.2) is 0 Å². The Morgan fingerprint density at radius 1 is 1.38 bits per heavy atom. The summed E-state index contributed by atoms with van der Waals surface area (Å²) in [6.07, 6.45) is 0. The molecule has 0 bridgehead atoms. The van der Waals surface area contributed by atoms with Gasteiger partial charge in [0, 0.05) is 19.1 Å². The Morgan fingerprint density at radius 2 is 2.08 bits per heavy atom. The fourth-order valence-corrected chi connectivity index (χ4v) is 1.53. The number of morpholine rings is 1. The van der Waals surface area contributed by atoms with E-state index in [9.17, 15) is 0 Å². The summed E-state index contributed by atoms with van der Waals surface area (Å²) < 4.78 is 5.38. The maximum atomic E-state index is 5.38. The van der Waals surface area contributed by atoms with Gasteiger partial charge in [0.2, 0.25) is 0 Å². The largest absolute Gasteiger partial charge is 0.378 e. The highest BCUT2D eigenvalue weighted by molar-refractivity contribution is 5.85. The number of hydrogen-bond donors (Lipinski definition) is 1. The first-order valence-electron chi connectivity index (χ1n) is 4.90. The molecule has 0 aromatic carbocycles. The summed E-state index contributed by atoms with van der Waals surface area (Å²) in [7, 11) is 0.